The summed E-state index contributed by atoms with van der Waals surface area (Å²) in [6.07, 6.45) is 0. The Morgan fingerprint density at radius 2 is 1.84 bits per heavy atom. The molecule has 0 unspecified atom stereocenters. The molecule has 0 amide bonds. The standard InChI is InChI=1S/C15H15N3O/c1-9-4-10(2)14(7-13(9)17)19-15-6-12(8-16)5-11(3)18-15/h4-7H,17H2,1-3H3. The zero-order chi connectivity index (χ0) is 14.0. The van der Waals surface area contributed by atoms with Crippen LogP contribution in [0.2, 0.25) is 0 Å². The van der Waals surface area contributed by atoms with Gasteiger partial charge in [0.05, 0.1) is 11.6 Å². The van der Waals surface area contributed by atoms with Gasteiger partial charge in [-0.1, -0.05) is 6.07 Å². The van der Waals surface area contributed by atoms with Crippen LogP contribution >= 0.6 is 0 Å². The first-order valence-electron chi connectivity index (χ1n) is 5.93. The molecule has 96 valence electrons. The lowest BCUT2D eigenvalue weighted by Crippen LogP contribution is -1.96. The molecule has 1 aromatic heterocycles. The number of pyridine rings is 1. The van der Waals surface area contributed by atoms with Crippen molar-refractivity contribution in [2.75, 3.05) is 5.73 Å². The normalized spacial score (nSPS) is 10.0. The number of aromatic nitrogens is 1. The van der Waals surface area contributed by atoms with Gasteiger partial charge in [0.25, 0.3) is 0 Å². The topological polar surface area (TPSA) is 71.9 Å². The number of anilines is 1. The average molecular weight is 253 g/mol. The molecule has 1 heterocycles. The molecule has 2 rings (SSSR count). The van der Waals surface area contributed by atoms with Crippen molar-refractivity contribution in [1.29, 1.82) is 5.26 Å². The summed E-state index contributed by atoms with van der Waals surface area (Å²) >= 11 is 0. The Morgan fingerprint density at radius 1 is 1.11 bits per heavy atom. The highest BCUT2D eigenvalue weighted by molar-refractivity contribution is 5.54. The van der Waals surface area contributed by atoms with Crippen molar-refractivity contribution < 1.29 is 4.74 Å². The molecule has 0 radical (unpaired) electrons. The number of ether oxygens (including phenoxy) is 1. The summed E-state index contributed by atoms with van der Waals surface area (Å²) in [7, 11) is 0. The molecule has 0 aliphatic carbocycles. The largest absolute Gasteiger partial charge is 0.439 e. The van der Waals surface area contributed by atoms with Crippen LogP contribution in [0.5, 0.6) is 11.6 Å². The third-order valence-electron chi connectivity index (χ3n) is 2.84. The van der Waals surface area contributed by atoms with Gasteiger partial charge in [-0.25, -0.2) is 4.98 Å². The zero-order valence-electron chi connectivity index (χ0n) is 11.2. The smallest absolute Gasteiger partial charge is 0.220 e. The number of rotatable bonds is 2. The van der Waals surface area contributed by atoms with Crippen molar-refractivity contribution >= 4 is 5.69 Å². The van der Waals surface area contributed by atoms with E-state index in [0.717, 1.165) is 16.8 Å². The molecule has 0 aliphatic rings. The highest BCUT2D eigenvalue weighted by Gasteiger charge is 2.07. The van der Waals surface area contributed by atoms with Gasteiger partial charge in [0, 0.05) is 23.5 Å². The molecule has 0 saturated heterocycles. The van der Waals surface area contributed by atoms with Crippen LogP contribution in [-0.2, 0) is 0 Å². The third kappa shape index (κ3) is 2.83. The van der Waals surface area contributed by atoms with Gasteiger partial charge in [-0.3, -0.25) is 0 Å². The van der Waals surface area contributed by atoms with E-state index in [1.54, 1.807) is 18.2 Å². The Morgan fingerprint density at radius 3 is 2.53 bits per heavy atom. The minimum atomic E-state index is 0.405. The summed E-state index contributed by atoms with van der Waals surface area (Å²) in [4.78, 5) is 4.26. The second-order valence-electron chi connectivity index (χ2n) is 4.52. The molecule has 4 heteroatoms. The number of nitrogens with zero attached hydrogens (tertiary/aromatic N) is 2. The maximum atomic E-state index is 8.93. The van der Waals surface area contributed by atoms with Crippen LogP contribution in [0.1, 0.15) is 22.4 Å². The summed E-state index contributed by atoms with van der Waals surface area (Å²) in [5, 5.41) is 8.93. The van der Waals surface area contributed by atoms with E-state index in [1.807, 2.05) is 26.8 Å². The lowest BCUT2D eigenvalue weighted by Gasteiger charge is -2.11. The quantitative estimate of drug-likeness (QED) is 0.834. The van der Waals surface area contributed by atoms with Crippen molar-refractivity contribution in [1.82, 2.24) is 4.98 Å². The first-order chi connectivity index (χ1) is 8.99. The number of hydrogen-bond acceptors (Lipinski definition) is 4. The van der Waals surface area contributed by atoms with Gasteiger partial charge in [-0.2, -0.15) is 5.26 Å². The molecule has 4 nitrogen and oxygen atoms in total. The first-order valence-corrected chi connectivity index (χ1v) is 5.93. The Hall–Kier alpha value is -2.54. The lowest BCUT2D eigenvalue weighted by atomic mass is 10.1. The Kier molecular flexibility index (Phi) is 3.39. The predicted octanol–water partition coefficient (Wildman–Crippen LogP) is 3.25. The van der Waals surface area contributed by atoms with Crippen LogP contribution in [0.25, 0.3) is 0 Å². The van der Waals surface area contributed by atoms with Crippen molar-refractivity contribution in [2.45, 2.75) is 20.8 Å². The van der Waals surface area contributed by atoms with Gasteiger partial charge in [0.1, 0.15) is 5.75 Å². The van der Waals surface area contributed by atoms with Crippen LogP contribution in [0.4, 0.5) is 5.69 Å². The molecular weight excluding hydrogens is 238 g/mol. The SMILES string of the molecule is Cc1cc(C#N)cc(Oc2cc(N)c(C)cc2C)n1. The highest BCUT2D eigenvalue weighted by Crippen LogP contribution is 2.28. The molecule has 0 atom stereocenters. The van der Waals surface area contributed by atoms with Crippen LogP contribution in [0.15, 0.2) is 24.3 Å². The summed E-state index contributed by atoms with van der Waals surface area (Å²) in [6.45, 7) is 5.72. The fourth-order valence-electron chi connectivity index (χ4n) is 1.83. The maximum Gasteiger partial charge on any atom is 0.220 e. The zero-order valence-corrected chi connectivity index (χ0v) is 11.2. The molecular formula is C15H15N3O. The molecule has 19 heavy (non-hydrogen) atoms. The molecule has 1 aromatic carbocycles. The van der Waals surface area contributed by atoms with Crippen LogP contribution in [0, 0.1) is 32.1 Å². The van der Waals surface area contributed by atoms with Gasteiger partial charge in [0.2, 0.25) is 5.88 Å². The van der Waals surface area contributed by atoms with E-state index >= 15 is 0 Å². The van der Waals surface area contributed by atoms with Crippen LogP contribution in [0.3, 0.4) is 0 Å². The average Bonchev–Trinajstić information content (AvgIpc) is 2.35. The summed E-state index contributed by atoms with van der Waals surface area (Å²) < 4.78 is 5.73. The lowest BCUT2D eigenvalue weighted by molar-refractivity contribution is 0.458. The van der Waals surface area contributed by atoms with E-state index in [0.29, 0.717) is 22.9 Å². The van der Waals surface area contributed by atoms with E-state index in [-0.39, 0.29) is 0 Å². The molecule has 0 fully saturated rings. The predicted molar refractivity (Wildman–Crippen MR) is 74.1 cm³/mol. The molecule has 0 spiro atoms. The fraction of sp³-hybridized carbons (Fsp3) is 0.200. The number of nitriles is 1. The molecule has 0 saturated carbocycles. The number of benzene rings is 1. The van der Waals surface area contributed by atoms with E-state index < -0.39 is 0 Å². The highest BCUT2D eigenvalue weighted by atomic mass is 16.5. The van der Waals surface area contributed by atoms with Gasteiger partial charge >= 0.3 is 0 Å². The summed E-state index contributed by atoms with van der Waals surface area (Å²) in [5.74, 6) is 1.06. The minimum absolute atomic E-state index is 0.405. The van der Waals surface area contributed by atoms with Gasteiger partial charge < -0.3 is 10.5 Å². The van der Waals surface area contributed by atoms with E-state index in [1.165, 1.54) is 0 Å². The van der Waals surface area contributed by atoms with Crippen molar-refractivity contribution in [3.63, 3.8) is 0 Å². The Labute approximate surface area is 112 Å². The maximum absolute atomic E-state index is 8.93. The minimum Gasteiger partial charge on any atom is -0.439 e. The second kappa shape index (κ2) is 4.99. The van der Waals surface area contributed by atoms with Crippen LogP contribution < -0.4 is 10.5 Å². The Balaban J connectivity index is 2.39. The number of nitrogen functional groups attached to an aromatic ring is 1. The van der Waals surface area contributed by atoms with Gasteiger partial charge in [-0.05, 0) is 38.0 Å². The summed E-state index contributed by atoms with van der Waals surface area (Å²) in [6, 6.07) is 9.15. The molecule has 2 N–H and O–H groups in total. The Bertz CT molecular complexity index is 672. The van der Waals surface area contributed by atoms with Crippen molar-refractivity contribution in [2.24, 2.45) is 0 Å². The van der Waals surface area contributed by atoms with Crippen LogP contribution in [-0.4, -0.2) is 4.98 Å². The first kappa shape index (κ1) is 12.9. The second-order valence-corrected chi connectivity index (χ2v) is 4.52. The van der Waals surface area contributed by atoms with E-state index in [2.05, 4.69) is 11.1 Å². The van der Waals surface area contributed by atoms with Gasteiger partial charge in [0.15, 0.2) is 0 Å². The fourth-order valence-corrected chi connectivity index (χ4v) is 1.83. The monoisotopic (exact) mass is 253 g/mol. The number of hydrogen-bond donors (Lipinski definition) is 1. The number of nitrogens with two attached hydrogens (primary N) is 1. The molecule has 2 aromatic rings. The molecule has 0 aliphatic heterocycles. The number of aryl methyl sites for hydroxylation is 3. The summed E-state index contributed by atoms with van der Waals surface area (Å²) in [5.41, 5.74) is 9.82. The van der Waals surface area contributed by atoms with Crippen molar-refractivity contribution in [3.8, 4) is 17.7 Å². The van der Waals surface area contributed by atoms with Gasteiger partial charge in [-0.15, -0.1) is 0 Å². The van der Waals surface area contributed by atoms with Crippen molar-refractivity contribution in [3.05, 3.63) is 46.6 Å². The van der Waals surface area contributed by atoms with E-state index in [4.69, 9.17) is 15.7 Å². The van der Waals surface area contributed by atoms with E-state index in [9.17, 15) is 0 Å². The molecule has 0 bridgehead atoms. The third-order valence-corrected chi connectivity index (χ3v) is 2.84.